The van der Waals surface area contributed by atoms with Crippen molar-refractivity contribution in [2.24, 2.45) is 4.99 Å². The number of nitrogens with zero attached hydrogens (tertiary/aromatic N) is 2. The maximum atomic E-state index is 11.6. The lowest BCUT2D eigenvalue weighted by molar-refractivity contribution is -0.384. The van der Waals surface area contributed by atoms with E-state index in [-0.39, 0.29) is 16.3 Å². The van der Waals surface area contributed by atoms with Crippen LogP contribution in [0.2, 0.25) is 0 Å². The van der Waals surface area contributed by atoms with Crippen LogP contribution in [-0.4, -0.2) is 51.7 Å². The molecule has 1 heterocycles. The number of guanidine groups is 1. The van der Waals surface area contributed by atoms with Gasteiger partial charge in [-0.25, -0.2) is 8.42 Å². The van der Waals surface area contributed by atoms with E-state index >= 15 is 0 Å². The monoisotopic (exact) mass is 423 g/mol. The van der Waals surface area contributed by atoms with Crippen molar-refractivity contribution in [1.29, 1.82) is 0 Å². The zero-order chi connectivity index (χ0) is 21.3. The normalized spacial score (nSPS) is 11.9. The molecule has 0 radical (unpaired) electrons. The van der Waals surface area contributed by atoms with Crippen molar-refractivity contribution in [2.75, 3.05) is 37.8 Å². The molecule has 158 valence electrons. The molecule has 0 saturated carbocycles. The van der Waals surface area contributed by atoms with E-state index in [1.807, 2.05) is 19.1 Å². The fourth-order valence-electron chi connectivity index (χ4n) is 2.50. The number of anilines is 1. The first-order valence-electron chi connectivity index (χ1n) is 9.08. The van der Waals surface area contributed by atoms with Gasteiger partial charge in [0, 0.05) is 44.9 Å². The Labute approximate surface area is 169 Å². The van der Waals surface area contributed by atoms with Gasteiger partial charge in [-0.3, -0.25) is 15.1 Å². The molecule has 0 saturated heterocycles. The minimum absolute atomic E-state index is 0.0917. The molecule has 29 heavy (non-hydrogen) atoms. The second-order valence-electron chi connectivity index (χ2n) is 6.15. The number of aliphatic imine (C=N–C) groups is 1. The molecule has 0 aliphatic heterocycles. The summed E-state index contributed by atoms with van der Waals surface area (Å²) in [7, 11) is -3.52. The number of sulfone groups is 1. The molecule has 0 fully saturated rings. The maximum absolute atomic E-state index is 11.6. The van der Waals surface area contributed by atoms with Gasteiger partial charge in [-0.15, -0.1) is 0 Å². The third kappa shape index (κ3) is 7.11. The summed E-state index contributed by atoms with van der Waals surface area (Å²) in [4.78, 5) is 15.0. The second kappa shape index (κ2) is 10.5. The number of furan rings is 1. The SMILES string of the molecule is CCNC(=NCCc1ccco1)NCCNc1ccc(S(C)(=O)=O)cc1[N+](=O)[O-]. The summed E-state index contributed by atoms with van der Waals surface area (Å²) >= 11 is 0. The van der Waals surface area contributed by atoms with Gasteiger partial charge in [-0.1, -0.05) is 0 Å². The third-order valence-electron chi connectivity index (χ3n) is 3.88. The molecule has 1 aromatic carbocycles. The standard InChI is InChI=1S/C18H25N5O5S/c1-3-19-18(21-9-8-14-5-4-12-28-14)22-11-10-20-16-7-6-15(29(2,26)27)13-17(16)23(24)25/h4-7,12-13,20H,3,8-11H2,1-2H3,(H2,19,21,22). The van der Waals surface area contributed by atoms with Crippen LogP contribution in [0.15, 0.2) is 50.9 Å². The van der Waals surface area contributed by atoms with E-state index in [0.717, 1.165) is 18.1 Å². The molecule has 3 N–H and O–H groups in total. The summed E-state index contributed by atoms with van der Waals surface area (Å²) in [6.07, 6.45) is 3.31. The van der Waals surface area contributed by atoms with E-state index in [1.54, 1.807) is 6.26 Å². The van der Waals surface area contributed by atoms with Crippen molar-refractivity contribution in [1.82, 2.24) is 10.6 Å². The Balaban J connectivity index is 1.91. The predicted molar refractivity (Wildman–Crippen MR) is 111 cm³/mol. The van der Waals surface area contributed by atoms with E-state index in [2.05, 4.69) is 20.9 Å². The lowest BCUT2D eigenvalue weighted by Crippen LogP contribution is -2.39. The van der Waals surface area contributed by atoms with Gasteiger partial charge in [0.05, 0.1) is 16.1 Å². The fourth-order valence-corrected chi connectivity index (χ4v) is 3.14. The zero-order valence-electron chi connectivity index (χ0n) is 16.3. The average molecular weight is 423 g/mol. The second-order valence-corrected chi connectivity index (χ2v) is 8.17. The van der Waals surface area contributed by atoms with Gasteiger partial charge in [-0.05, 0) is 31.2 Å². The minimum Gasteiger partial charge on any atom is -0.469 e. The lowest BCUT2D eigenvalue weighted by atomic mass is 10.2. The van der Waals surface area contributed by atoms with Crippen LogP contribution in [0.5, 0.6) is 0 Å². The summed E-state index contributed by atoms with van der Waals surface area (Å²) < 4.78 is 28.5. The van der Waals surface area contributed by atoms with Crippen molar-refractivity contribution in [2.45, 2.75) is 18.2 Å². The van der Waals surface area contributed by atoms with Crippen LogP contribution < -0.4 is 16.0 Å². The smallest absolute Gasteiger partial charge is 0.293 e. The number of benzene rings is 1. The minimum atomic E-state index is -3.52. The number of hydrogen-bond acceptors (Lipinski definition) is 7. The molecule has 0 unspecified atom stereocenters. The van der Waals surface area contributed by atoms with Gasteiger partial charge in [0.25, 0.3) is 5.69 Å². The van der Waals surface area contributed by atoms with Crippen LogP contribution in [0.1, 0.15) is 12.7 Å². The molecule has 0 amide bonds. The highest BCUT2D eigenvalue weighted by Gasteiger charge is 2.18. The fraction of sp³-hybridized carbons (Fsp3) is 0.389. The van der Waals surface area contributed by atoms with Crippen molar-refractivity contribution < 1.29 is 17.8 Å². The molecule has 10 nitrogen and oxygen atoms in total. The van der Waals surface area contributed by atoms with Gasteiger partial charge >= 0.3 is 0 Å². The van der Waals surface area contributed by atoms with Crippen LogP contribution in [0.25, 0.3) is 0 Å². The topological polar surface area (TPSA) is 139 Å². The molecule has 0 spiro atoms. The highest BCUT2D eigenvalue weighted by molar-refractivity contribution is 7.90. The third-order valence-corrected chi connectivity index (χ3v) is 4.99. The number of hydrogen-bond donors (Lipinski definition) is 3. The van der Waals surface area contributed by atoms with E-state index in [0.29, 0.717) is 38.6 Å². The Morgan fingerprint density at radius 1 is 1.24 bits per heavy atom. The Hall–Kier alpha value is -3.08. The molecule has 0 atom stereocenters. The number of nitrogens with one attached hydrogen (secondary N) is 3. The summed E-state index contributed by atoms with van der Waals surface area (Å²) in [5.41, 5.74) is -0.0316. The Kier molecular flexibility index (Phi) is 8.01. The molecular formula is C18H25N5O5S. The first kappa shape index (κ1) is 22.2. The predicted octanol–water partition coefficient (Wildman–Crippen LogP) is 1.80. The maximum Gasteiger partial charge on any atom is 0.293 e. The zero-order valence-corrected chi connectivity index (χ0v) is 17.2. The van der Waals surface area contributed by atoms with Crippen molar-refractivity contribution in [3.63, 3.8) is 0 Å². The number of nitro groups is 1. The first-order valence-corrected chi connectivity index (χ1v) is 11.0. The number of nitro benzene ring substituents is 1. The summed E-state index contributed by atoms with van der Waals surface area (Å²) in [5, 5.41) is 20.5. The summed E-state index contributed by atoms with van der Waals surface area (Å²) in [6.45, 7) is 4.03. The van der Waals surface area contributed by atoms with Crippen LogP contribution in [0, 0.1) is 10.1 Å². The Morgan fingerprint density at radius 3 is 2.66 bits per heavy atom. The van der Waals surface area contributed by atoms with Crippen LogP contribution in [0.4, 0.5) is 11.4 Å². The quantitative estimate of drug-likeness (QED) is 0.173. The number of rotatable bonds is 10. The lowest BCUT2D eigenvalue weighted by Gasteiger charge is -2.12. The van der Waals surface area contributed by atoms with Gasteiger partial charge in [-0.2, -0.15) is 0 Å². The van der Waals surface area contributed by atoms with E-state index in [1.165, 1.54) is 12.1 Å². The largest absolute Gasteiger partial charge is 0.469 e. The molecule has 2 rings (SSSR count). The van der Waals surface area contributed by atoms with Crippen molar-refractivity contribution in [3.05, 3.63) is 52.5 Å². The molecular weight excluding hydrogens is 398 g/mol. The summed E-state index contributed by atoms with van der Waals surface area (Å²) in [6, 6.07) is 7.53. The van der Waals surface area contributed by atoms with Crippen LogP contribution in [0.3, 0.4) is 0 Å². The molecule has 0 aliphatic carbocycles. The average Bonchev–Trinajstić information content (AvgIpc) is 3.17. The molecule has 11 heteroatoms. The summed E-state index contributed by atoms with van der Waals surface area (Å²) in [5.74, 6) is 1.49. The van der Waals surface area contributed by atoms with Gasteiger partial charge in [0.2, 0.25) is 0 Å². The van der Waals surface area contributed by atoms with Crippen molar-refractivity contribution in [3.8, 4) is 0 Å². The van der Waals surface area contributed by atoms with Gasteiger partial charge in [0.1, 0.15) is 11.4 Å². The molecule has 0 bridgehead atoms. The van der Waals surface area contributed by atoms with Gasteiger partial charge < -0.3 is 20.4 Å². The van der Waals surface area contributed by atoms with Gasteiger partial charge in [0.15, 0.2) is 15.8 Å². The van der Waals surface area contributed by atoms with E-state index in [9.17, 15) is 18.5 Å². The van der Waals surface area contributed by atoms with Crippen LogP contribution >= 0.6 is 0 Å². The molecule has 2 aromatic rings. The first-order chi connectivity index (χ1) is 13.8. The Bertz CT molecular complexity index is 942. The van der Waals surface area contributed by atoms with Crippen LogP contribution in [-0.2, 0) is 16.3 Å². The van der Waals surface area contributed by atoms with E-state index < -0.39 is 14.8 Å². The Morgan fingerprint density at radius 2 is 2.03 bits per heavy atom. The molecule has 0 aliphatic rings. The highest BCUT2D eigenvalue weighted by Crippen LogP contribution is 2.27. The van der Waals surface area contributed by atoms with Crippen molar-refractivity contribution >= 4 is 27.2 Å². The molecule has 1 aromatic heterocycles. The van der Waals surface area contributed by atoms with E-state index in [4.69, 9.17) is 4.42 Å². The highest BCUT2D eigenvalue weighted by atomic mass is 32.2.